The van der Waals surface area contributed by atoms with Crippen LogP contribution in [0, 0.1) is 6.92 Å². The number of hydrogen-bond acceptors (Lipinski definition) is 4. The topological polar surface area (TPSA) is 92.7 Å². The van der Waals surface area contributed by atoms with Gasteiger partial charge in [-0.25, -0.2) is 4.98 Å². The minimum absolute atomic E-state index is 0.102. The zero-order valence-corrected chi connectivity index (χ0v) is 14.1. The van der Waals surface area contributed by atoms with Crippen LogP contribution in [0.25, 0.3) is 5.95 Å². The fourth-order valence-corrected chi connectivity index (χ4v) is 2.24. The van der Waals surface area contributed by atoms with Gasteiger partial charge in [-0.1, -0.05) is 22.9 Å². The van der Waals surface area contributed by atoms with Crippen LogP contribution in [0.1, 0.15) is 31.2 Å². The molecule has 8 heteroatoms. The summed E-state index contributed by atoms with van der Waals surface area (Å²) >= 11 is 3.30. The average molecular weight is 368 g/mol. The van der Waals surface area contributed by atoms with E-state index >= 15 is 0 Å². The van der Waals surface area contributed by atoms with Crippen molar-refractivity contribution in [3.8, 4) is 5.95 Å². The van der Waals surface area contributed by atoms with Gasteiger partial charge in [-0.2, -0.15) is 9.78 Å². The molecule has 2 aromatic heterocycles. The number of H-pyrrole nitrogens is 1. The molecule has 2 N–H and O–H groups in total. The van der Waals surface area contributed by atoms with Crippen LogP contribution >= 0.6 is 15.9 Å². The summed E-state index contributed by atoms with van der Waals surface area (Å²) < 4.78 is 1.45. The van der Waals surface area contributed by atoms with E-state index in [1.165, 1.54) is 10.7 Å². The zero-order chi connectivity index (χ0) is 16.1. The van der Waals surface area contributed by atoms with Crippen molar-refractivity contribution in [3.05, 3.63) is 33.9 Å². The second-order valence-corrected chi connectivity index (χ2v) is 5.63. The fourth-order valence-electron chi connectivity index (χ4n) is 1.96. The first-order valence-corrected chi connectivity index (χ1v) is 8.18. The Kier molecular flexibility index (Phi) is 5.48. The molecule has 0 fully saturated rings. The molecule has 0 aliphatic carbocycles. The molecule has 2 aromatic rings. The minimum Gasteiger partial charge on any atom is -0.310 e. The molecule has 0 saturated carbocycles. The van der Waals surface area contributed by atoms with E-state index in [-0.39, 0.29) is 11.5 Å². The Balaban J connectivity index is 2.34. The average Bonchev–Trinajstić information content (AvgIpc) is 2.85. The van der Waals surface area contributed by atoms with E-state index in [4.69, 9.17) is 0 Å². The maximum Gasteiger partial charge on any atom is 0.252 e. The maximum absolute atomic E-state index is 11.9. The number of halogens is 1. The molecule has 2 rings (SSSR count). The Morgan fingerprint density at radius 1 is 1.45 bits per heavy atom. The van der Waals surface area contributed by atoms with Crippen LogP contribution in [0.15, 0.2) is 16.9 Å². The van der Waals surface area contributed by atoms with Gasteiger partial charge in [0, 0.05) is 29.6 Å². The molecule has 0 radical (unpaired) electrons. The molecule has 7 nitrogen and oxygen atoms in total. The van der Waals surface area contributed by atoms with Crippen molar-refractivity contribution in [1.29, 1.82) is 0 Å². The highest BCUT2D eigenvalue weighted by atomic mass is 79.9. The van der Waals surface area contributed by atoms with Crippen LogP contribution in [0.4, 0.5) is 5.82 Å². The number of rotatable bonds is 6. The molecule has 1 amide bonds. The third kappa shape index (κ3) is 4.03. The Bertz CT molecular complexity index is 722. The van der Waals surface area contributed by atoms with E-state index in [9.17, 15) is 9.59 Å². The van der Waals surface area contributed by atoms with Crippen molar-refractivity contribution in [2.75, 3.05) is 10.6 Å². The first-order valence-electron chi connectivity index (χ1n) is 7.06. The normalized spacial score (nSPS) is 10.7. The Labute approximate surface area is 136 Å². The van der Waals surface area contributed by atoms with E-state index in [1.54, 1.807) is 6.07 Å². The highest BCUT2D eigenvalue weighted by molar-refractivity contribution is 9.09. The summed E-state index contributed by atoms with van der Waals surface area (Å²) in [6.45, 7) is 3.73. The van der Waals surface area contributed by atoms with Crippen LogP contribution < -0.4 is 10.9 Å². The van der Waals surface area contributed by atoms with Crippen LogP contribution in [0.3, 0.4) is 0 Å². The van der Waals surface area contributed by atoms with Gasteiger partial charge in [-0.05, 0) is 19.8 Å². The standard InChI is InChI=1S/C14H18BrN5O2/c1-3-10-8-13(22)18-14(16-10)20-11(7-9(2)19-20)17-12(21)5-4-6-15/h7-8H,3-6H2,1-2H3,(H,17,21)(H,16,18,22). The molecule has 22 heavy (non-hydrogen) atoms. The number of nitrogens with zero attached hydrogens (tertiary/aromatic N) is 3. The highest BCUT2D eigenvalue weighted by Gasteiger charge is 2.13. The number of hydrogen-bond donors (Lipinski definition) is 2. The highest BCUT2D eigenvalue weighted by Crippen LogP contribution is 2.14. The van der Waals surface area contributed by atoms with E-state index in [0.717, 1.165) is 17.4 Å². The molecule has 0 unspecified atom stereocenters. The summed E-state index contributed by atoms with van der Waals surface area (Å²) in [5, 5.41) is 7.86. The molecular weight excluding hydrogens is 350 g/mol. The Morgan fingerprint density at radius 3 is 2.91 bits per heavy atom. The Hall–Kier alpha value is -1.96. The van der Waals surface area contributed by atoms with Crippen molar-refractivity contribution in [2.45, 2.75) is 33.1 Å². The summed E-state index contributed by atoms with van der Waals surface area (Å²) in [5.41, 5.74) is 1.15. The van der Waals surface area contributed by atoms with Gasteiger partial charge in [-0.15, -0.1) is 0 Å². The summed E-state index contributed by atoms with van der Waals surface area (Å²) in [6, 6.07) is 3.19. The fraction of sp³-hybridized carbons (Fsp3) is 0.429. The molecule has 0 bridgehead atoms. The van der Waals surface area contributed by atoms with Gasteiger partial charge in [0.2, 0.25) is 11.9 Å². The van der Waals surface area contributed by atoms with E-state index in [2.05, 4.69) is 36.3 Å². The third-order valence-corrected chi connectivity index (χ3v) is 3.54. The lowest BCUT2D eigenvalue weighted by molar-refractivity contribution is -0.116. The van der Waals surface area contributed by atoms with Gasteiger partial charge in [-0.3, -0.25) is 14.6 Å². The number of alkyl halides is 1. The van der Waals surface area contributed by atoms with E-state index < -0.39 is 0 Å². The van der Waals surface area contributed by atoms with Crippen molar-refractivity contribution < 1.29 is 4.79 Å². The molecule has 2 heterocycles. The van der Waals surface area contributed by atoms with E-state index in [1.807, 2.05) is 13.8 Å². The lowest BCUT2D eigenvalue weighted by Crippen LogP contribution is -2.19. The lowest BCUT2D eigenvalue weighted by Gasteiger charge is -2.08. The number of carbonyl (C=O) groups is 1. The molecule has 0 aliphatic heterocycles. The van der Waals surface area contributed by atoms with Gasteiger partial charge in [0.25, 0.3) is 5.56 Å². The first kappa shape index (κ1) is 16.4. The summed E-state index contributed by atoms with van der Waals surface area (Å²) in [7, 11) is 0. The lowest BCUT2D eigenvalue weighted by atomic mass is 10.3. The predicted octanol–water partition coefficient (Wildman–Crippen LogP) is 1.94. The number of anilines is 1. The third-order valence-electron chi connectivity index (χ3n) is 2.98. The van der Waals surface area contributed by atoms with Crippen molar-refractivity contribution in [1.82, 2.24) is 19.7 Å². The van der Waals surface area contributed by atoms with Crippen LogP contribution in [-0.4, -0.2) is 31.0 Å². The van der Waals surface area contributed by atoms with Crippen LogP contribution in [-0.2, 0) is 11.2 Å². The molecule has 0 spiro atoms. The summed E-state index contributed by atoms with van der Waals surface area (Å²) in [6.07, 6.45) is 1.80. The number of aryl methyl sites for hydroxylation is 2. The molecule has 0 aromatic carbocycles. The number of nitrogens with one attached hydrogen (secondary N) is 2. The van der Waals surface area contributed by atoms with E-state index in [0.29, 0.717) is 30.3 Å². The minimum atomic E-state index is -0.244. The molecule has 118 valence electrons. The largest absolute Gasteiger partial charge is 0.310 e. The van der Waals surface area contributed by atoms with Gasteiger partial charge < -0.3 is 5.32 Å². The van der Waals surface area contributed by atoms with Crippen LogP contribution in [0.2, 0.25) is 0 Å². The zero-order valence-electron chi connectivity index (χ0n) is 12.5. The van der Waals surface area contributed by atoms with Gasteiger partial charge >= 0.3 is 0 Å². The predicted molar refractivity (Wildman–Crippen MR) is 87.8 cm³/mol. The van der Waals surface area contributed by atoms with Crippen LogP contribution in [0.5, 0.6) is 0 Å². The second kappa shape index (κ2) is 7.35. The molecule has 0 aliphatic rings. The van der Waals surface area contributed by atoms with Gasteiger partial charge in [0.1, 0.15) is 5.82 Å². The first-order chi connectivity index (χ1) is 10.5. The van der Waals surface area contributed by atoms with Crippen molar-refractivity contribution in [2.24, 2.45) is 0 Å². The summed E-state index contributed by atoms with van der Waals surface area (Å²) in [5.74, 6) is 0.691. The second-order valence-electron chi connectivity index (χ2n) is 4.84. The molecular formula is C14H18BrN5O2. The number of aromatic amines is 1. The summed E-state index contributed by atoms with van der Waals surface area (Å²) in [4.78, 5) is 30.6. The smallest absolute Gasteiger partial charge is 0.252 e. The number of carbonyl (C=O) groups excluding carboxylic acids is 1. The van der Waals surface area contributed by atoms with Crippen molar-refractivity contribution in [3.63, 3.8) is 0 Å². The van der Waals surface area contributed by atoms with Gasteiger partial charge in [0.15, 0.2) is 0 Å². The van der Waals surface area contributed by atoms with Crippen molar-refractivity contribution >= 4 is 27.7 Å². The number of aromatic nitrogens is 4. The SMILES string of the molecule is CCc1cc(=O)[nH]c(-n2nc(C)cc2NC(=O)CCCBr)n1. The van der Waals surface area contributed by atoms with Gasteiger partial charge in [0.05, 0.1) is 5.69 Å². The molecule has 0 saturated heterocycles. The monoisotopic (exact) mass is 367 g/mol. The number of amides is 1. The maximum atomic E-state index is 11.9. The quantitative estimate of drug-likeness (QED) is 0.763. The molecule has 0 atom stereocenters. The Morgan fingerprint density at radius 2 is 2.23 bits per heavy atom.